The van der Waals surface area contributed by atoms with Gasteiger partial charge in [0.2, 0.25) is 0 Å². The number of Topliss-reactive ketones (excluding diaryl/α,β-unsaturated/α-hetero) is 1. The number of hydrogen-bond donors (Lipinski definition) is 0. The molecule has 2 nitrogen and oxygen atoms in total. The fraction of sp³-hybridized carbons (Fsp3) is 0.583. The molecule has 3 heteroatoms. The van der Waals surface area contributed by atoms with E-state index in [1.54, 1.807) is 11.3 Å². The summed E-state index contributed by atoms with van der Waals surface area (Å²) in [5.41, 5.74) is 0. The average Bonchev–Trinajstić information content (AvgIpc) is 2.65. The molecule has 0 N–H and O–H groups in total. The van der Waals surface area contributed by atoms with Crippen LogP contribution in [0.1, 0.15) is 35.3 Å². The van der Waals surface area contributed by atoms with Gasteiger partial charge in [0.15, 0.2) is 5.78 Å². The zero-order valence-electron chi connectivity index (χ0n) is 9.91. The molecule has 1 aromatic rings. The molecule has 0 radical (unpaired) electrons. The van der Waals surface area contributed by atoms with Crippen LogP contribution in [0.3, 0.4) is 0 Å². The molecule has 0 saturated carbocycles. The average molecular weight is 225 g/mol. The minimum Gasteiger partial charge on any atom is -0.296 e. The summed E-state index contributed by atoms with van der Waals surface area (Å²) in [4.78, 5) is 16.1. The maximum Gasteiger partial charge on any atom is 0.186 e. The van der Waals surface area contributed by atoms with Crippen LogP contribution >= 0.6 is 11.3 Å². The van der Waals surface area contributed by atoms with Gasteiger partial charge in [0.05, 0.1) is 11.4 Å². The highest BCUT2D eigenvalue weighted by Crippen LogP contribution is 2.17. The quantitative estimate of drug-likeness (QED) is 0.718. The second-order valence-corrected chi connectivity index (χ2v) is 5.22. The molecule has 0 aliphatic rings. The first kappa shape index (κ1) is 12.4. The van der Waals surface area contributed by atoms with Gasteiger partial charge < -0.3 is 0 Å². The number of nitrogens with zero attached hydrogens (tertiary/aromatic N) is 1. The van der Waals surface area contributed by atoms with Gasteiger partial charge in [-0.25, -0.2) is 0 Å². The molecule has 1 rings (SSSR count). The predicted octanol–water partition coefficient (Wildman–Crippen LogP) is 2.83. The molecule has 84 valence electrons. The Bertz CT molecular complexity index is 330. The standard InChI is InChI=1S/C12H19NOS/c1-5-10-6-7-12(15-10)11(14)8-13(4)9(2)3/h6-7,9H,5,8H2,1-4H3. The van der Waals surface area contributed by atoms with Crippen molar-refractivity contribution >= 4 is 17.1 Å². The molecular formula is C12H19NOS. The molecule has 0 unspecified atom stereocenters. The zero-order chi connectivity index (χ0) is 11.4. The number of aryl methyl sites for hydroxylation is 1. The monoisotopic (exact) mass is 225 g/mol. The zero-order valence-corrected chi connectivity index (χ0v) is 10.7. The van der Waals surface area contributed by atoms with Gasteiger partial charge in [0, 0.05) is 10.9 Å². The van der Waals surface area contributed by atoms with E-state index in [0.717, 1.165) is 11.3 Å². The molecule has 0 aliphatic carbocycles. The lowest BCUT2D eigenvalue weighted by molar-refractivity contribution is 0.0933. The van der Waals surface area contributed by atoms with E-state index in [0.29, 0.717) is 12.6 Å². The number of carbonyl (C=O) groups excluding carboxylic acids is 1. The lowest BCUT2D eigenvalue weighted by Gasteiger charge is -2.19. The van der Waals surface area contributed by atoms with E-state index in [1.807, 2.05) is 19.2 Å². The molecule has 0 saturated heterocycles. The molecule has 15 heavy (non-hydrogen) atoms. The molecule has 0 amide bonds. The predicted molar refractivity (Wildman–Crippen MR) is 65.8 cm³/mol. The molecule has 0 aliphatic heterocycles. The van der Waals surface area contributed by atoms with E-state index in [2.05, 4.69) is 25.7 Å². The van der Waals surface area contributed by atoms with Crippen LogP contribution in [0.4, 0.5) is 0 Å². The minimum atomic E-state index is 0.232. The summed E-state index contributed by atoms with van der Waals surface area (Å²) in [6.07, 6.45) is 1.01. The van der Waals surface area contributed by atoms with Crippen LogP contribution in [0, 0.1) is 0 Å². The number of carbonyl (C=O) groups is 1. The first-order valence-electron chi connectivity index (χ1n) is 5.36. The summed E-state index contributed by atoms with van der Waals surface area (Å²) >= 11 is 1.62. The second-order valence-electron chi connectivity index (χ2n) is 4.05. The Morgan fingerprint density at radius 2 is 2.13 bits per heavy atom. The molecule has 0 spiro atoms. The van der Waals surface area contributed by atoms with Crippen molar-refractivity contribution in [1.29, 1.82) is 0 Å². The van der Waals surface area contributed by atoms with Crippen LogP contribution < -0.4 is 0 Å². The van der Waals surface area contributed by atoms with Crippen molar-refractivity contribution in [1.82, 2.24) is 4.90 Å². The van der Waals surface area contributed by atoms with Crippen LogP contribution in [-0.2, 0) is 6.42 Å². The van der Waals surface area contributed by atoms with Crippen molar-refractivity contribution < 1.29 is 4.79 Å². The number of likely N-dealkylation sites (N-methyl/N-ethyl adjacent to an activating group) is 1. The van der Waals surface area contributed by atoms with Crippen LogP contribution in [0.15, 0.2) is 12.1 Å². The Morgan fingerprint density at radius 3 is 2.60 bits per heavy atom. The Morgan fingerprint density at radius 1 is 1.47 bits per heavy atom. The SMILES string of the molecule is CCc1ccc(C(=O)CN(C)C(C)C)s1. The van der Waals surface area contributed by atoms with E-state index in [9.17, 15) is 4.79 Å². The van der Waals surface area contributed by atoms with Crippen molar-refractivity contribution in [3.63, 3.8) is 0 Å². The fourth-order valence-electron chi connectivity index (χ4n) is 1.20. The van der Waals surface area contributed by atoms with E-state index in [1.165, 1.54) is 4.88 Å². The maximum atomic E-state index is 11.9. The third-order valence-electron chi connectivity index (χ3n) is 2.56. The van der Waals surface area contributed by atoms with Gasteiger partial charge in [-0.05, 0) is 39.4 Å². The smallest absolute Gasteiger partial charge is 0.186 e. The topological polar surface area (TPSA) is 20.3 Å². The van der Waals surface area contributed by atoms with Gasteiger partial charge in [-0.3, -0.25) is 9.69 Å². The summed E-state index contributed by atoms with van der Waals surface area (Å²) in [6.45, 7) is 6.82. The summed E-state index contributed by atoms with van der Waals surface area (Å²) in [7, 11) is 1.98. The first-order valence-corrected chi connectivity index (χ1v) is 6.18. The second kappa shape index (κ2) is 5.42. The van der Waals surface area contributed by atoms with Crippen molar-refractivity contribution in [2.75, 3.05) is 13.6 Å². The number of rotatable bonds is 5. The van der Waals surface area contributed by atoms with Crippen molar-refractivity contribution in [2.24, 2.45) is 0 Å². The van der Waals surface area contributed by atoms with Gasteiger partial charge in [0.25, 0.3) is 0 Å². The largest absolute Gasteiger partial charge is 0.296 e. The minimum absolute atomic E-state index is 0.232. The van der Waals surface area contributed by atoms with Gasteiger partial charge in [-0.1, -0.05) is 6.92 Å². The molecule has 0 atom stereocenters. The van der Waals surface area contributed by atoms with Gasteiger partial charge in [-0.2, -0.15) is 0 Å². The van der Waals surface area contributed by atoms with Crippen molar-refractivity contribution in [2.45, 2.75) is 33.2 Å². The first-order chi connectivity index (χ1) is 7.04. The Labute approximate surface area is 95.9 Å². The summed E-state index contributed by atoms with van der Waals surface area (Å²) in [5.74, 6) is 0.232. The van der Waals surface area contributed by atoms with Crippen LogP contribution in [0.2, 0.25) is 0 Å². The van der Waals surface area contributed by atoms with Gasteiger partial charge >= 0.3 is 0 Å². The van der Waals surface area contributed by atoms with E-state index >= 15 is 0 Å². The van der Waals surface area contributed by atoms with Crippen LogP contribution in [-0.4, -0.2) is 30.3 Å². The van der Waals surface area contributed by atoms with Crippen molar-refractivity contribution in [3.05, 3.63) is 21.9 Å². The van der Waals surface area contributed by atoms with Gasteiger partial charge in [-0.15, -0.1) is 11.3 Å². The Hall–Kier alpha value is -0.670. The molecule has 0 bridgehead atoms. The third-order valence-corrected chi connectivity index (χ3v) is 3.83. The number of thiophene rings is 1. The molecule has 1 heterocycles. The maximum absolute atomic E-state index is 11.9. The normalized spacial score (nSPS) is 11.3. The highest BCUT2D eigenvalue weighted by molar-refractivity contribution is 7.14. The van der Waals surface area contributed by atoms with Gasteiger partial charge in [0.1, 0.15) is 0 Å². The van der Waals surface area contributed by atoms with Crippen molar-refractivity contribution in [3.8, 4) is 0 Å². The molecule has 0 fully saturated rings. The molecule has 0 aromatic carbocycles. The number of ketones is 1. The van der Waals surface area contributed by atoms with Crippen LogP contribution in [0.25, 0.3) is 0 Å². The highest BCUT2D eigenvalue weighted by atomic mass is 32.1. The summed E-state index contributed by atoms with van der Waals surface area (Å²) < 4.78 is 0. The highest BCUT2D eigenvalue weighted by Gasteiger charge is 2.13. The summed E-state index contributed by atoms with van der Waals surface area (Å²) in [6, 6.07) is 4.41. The van der Waals surface area contributed by atoms with E-state index < -0.39 is 0 Å². The third kappa shape index (κ3) is 3.43. The number of hydrogen-bond acceptors (Lipinski definition) is 3. The Kier molecular flexibility index (Phi) is 4.48. The molecular weight excluding hydrogens is 206 g/mol. The fourth-order valence-corrected chi connectivity index (χ4v) is 2.08. The molecule has 1 aromatic heterocycles. The van der Waals surface area contributed by atoms with Crippen LogP contribution in [0.5, 0.6) is 0 Å². The van der Waals surface area contributed by atoms with E-state index in [-0.39, 0.29) is 5.78 Å². The Balaban J connectivity index is 2.61. The summed E-state index contributed by atoms with van der Waals surface area (Å²) in [5, 5.41) is 0. The lowest BCUT2D eigenvalue weighted by atomic mass is 10.2. The lowest BCUT2D eigenvalue weighted by Crippen LogP contribution is -2.31. The van der Waals surface area contributed by atoms with E-state index in [4.69, 9.17) is 0 Å².